The molecule has 0 aromatic heterocycles. The summed E-state index contributed by atoms with van der Waals surface area (Å²) in [5, 5.41) is 9.65. The third-order valence-corrected chi connectivity index (χ3v) is 11.9. The molecule has 0 aromatic carbocycles. The summed E-state index contributed by atoms with van der Waals surface area (Å²) in [5.74, 6) is -1.45. The van der Waals surface area contributed by atoms with Crippen LogP contribution < -0.4 is 0 Å². The highest BCUT2D eigenvalue weighted by Gasteiger charge is 2.31. The van der Waals surface area contributed by atoms with Gasteiger partial charge in [0.2, 0.25) is 0 Å². The fourth-order valence-corrected chi connectivity index (χ4v) is 7.91. The minimum atomic E-state index is -0.871. The fourth-order valence-electron chi connectivity index (χ4n) is 7.91. The topological polar surface area (TPSA) is 99.1 Å². The van der Waals surface area contributed by atoms with Gasteiger partial charge in [-0.25, -0.2) is 4.79 Å². The average molecular weight is 851 g/mol. The van der Waals surface area contributed by atoms with Crippen molar-refractivity contribution in [3.63, 3.8) is 0 Å². The first-order chi connectivity index (χ1) is 29.1. The number of hydrogen-bond acceptors (Lipinski definition) is 6. The second-order valence-corrected chi connectivity index (χ2v) is 18.8. The molecule has 60 heavy (non-hydrogen) atoms. The van der Waals surface area contributed by atoms with E-state index < -0.39 is 18.1 Å². The second-order valence-electron chi connectivity index (χ2n) is 18.8. The van der Waals surface area contributed by atoms with Crippen LogP contribution in [0.5, 0.6) is 0 Å². The van der Waals surface area contributed by atoms with Crippen LogP contribution in [-0.2, 0) is 28.6 Å². The fraction of sp³-hybridized carbons (Fsp3) is 0.904. The van der Waals surface area contributed by atoms with Gasteiger partial charge in [0.15, 0.2) is 12.1 Å². The van der Waals surface area contributed by atoms with E-state index in [9.17, 15) is 19.5 Å². The Bertz CT molecular complexity index is 993. The zero-order valence-corrected chi connectivity index (χ0v) is 40.4. The predicted octanol–water partition coefficient (Wildman–Crippen LogP) is 14.6. The van der Waals surface area contributed by atoms with E-state index in [0.29, 0.717) is 19.3 Å². The third kappa shape index (κ3) is 41.4. The zero-order chi connectivity index (χ0) is 44.2. The molecule has 0 aliphatic heterocycles. The maximum absolute atomic E-state index is 12.8. The van der Waals surface area contributed by atoms with Crippen molar-refractivity contribution >= 4 is 17.9 Å². The number of carbonyl (C=O) groups is 3. The van der Waals surface area contributed by atoms with Gasteiger partial charge in [0.1, 0.15) is 6.61 Å². The molecule has 8 heteroatoms. The van der Waals surface area contributed by atoms with E-state index in [1.165, 1.54) is 180 Å². The maximum atomic E-state index is 12.8. The van der Waals surface area contributed by atoms with Crippen LogP contribution in [0, 0.1) is 0 Å². The summed E-state index contributed by atoms with van der Waals surface area (Å²) in [5.41, 5.74) is 0. The van der Waals surface area contributed by atoms with Crippen molar-refractivity contribution in [2.75, 3.05) is 41.0 Å². The summed E-state index contributed by atoms with van der Waals surface area (Å²) in [6, 6.07) is -0.611. The van der Waals surface area contributed by atoms with E-state index in [-0.39, 0.29) is 36.2 Å². The lowest BCUT2D eigenvalue weighted by Crippen LogP contribution is -2.50. The molecular weight excluding hydrogens is 751 g/mol. The highest BCUT2D eigenvalue weighted by molar-refractivity contribution is 5.72. The minimum Gasteiger partial charge on any atom is -0.477 e. The summed E-state index contributed by atoms with van der Waals surface area (Å²) >= 11 is 0. The number of aliphatic carboxylic acids is 1. The smallest absolute Gasteiger partial charge is 0.362 e. The number of likely N-dealkylation sites (N-methyl/N-ethyl adjacent to an activating group) is 1. The number of carboxylic acids is 1. The van der Waals surface area contributed by atoms with Gasteiger partial charge in [-0.2, -0.15) is 0 Å². The lowest BCUT2D eigenvalue weighted by atomic mass is 10.0. The Kier molecular flexibility index (Phi) is 42.3. The monoisotopic (exact) mass is 851 g/mol. The van der Waals surface area contributed by atoms with Crippen molar-refractivity contribution in [2.45, 2.75) is 264 Å². The van der Waals surface area contributed by atoms with Gasteiger partial charge in [0, 0.05) is 19.3 Å². The number of quaternary nitrogens is 1. The molecule has 0 saturated heterocycles. The molecule has 0 bridgehead atoms. The van der Waals surface area contributed by atoms with Crippen molar-refractivity contribution in [3.05, 3.63) is 12.2 Å². The molecule has 8 nitrogen and oxygen atoms in total. The van der Waals surface area contributed by atoms with Crippen LogP contribution in [0.25, 0.3) is 0 Å². The van der Waals surface area contributed by atoms with Gasteiger partial charge in [-0.1, -0.05) is 206 Å². The molecule has 0 amide bonds. The van der Waals surface area contributed by atoms with E-state index in [1.807, 2.05) is 21.1 Å². The van der Waals surface area contributed by atoms with Crippen molar-refractivity contribution in [2.24, 2.45) is 0 Å². The summed E-state index contributed by atoms with van der Waals surface area (Å²) in [6.07, 6.45) is 48.3. The van der Waals surface area contributed by atoms with Crippen LogP contribution in [0.1, 0.15) is 251 Å². The first-order valence-electron chi connectivity index (χ1n) is 25.7. The SMILES string of the molecule is CCCCCCCCCCCC/C=C/CCCCCCCCCC(=O)OC(COCCC(C(=O)O)[N+](C)(C)C)COC(=O)CCCCCCCCCCCCCCCCC. The Morgan fingerprint density at radius 3 is 1.20 bits per heavy atom. The van der Waals surface area contributed by atoms with Gasteiger partial charge < -0.3 is 23.8 Å². The molecule has 0 spiro atoms. The van der Waals surface area contributed by atoms with Crippen LogP contribution in [0.3, 0.4) is 0 Å². The van der Waals surface area contributed by atoms with Gasteiger partial charge in [-0.05, 0) is 38.5 Å². The lowest BCUT2D eigenvalue weighted by Gasteiger charge is -2.31. The van der Waals surface area contributed by atoms with E-state index in [1.54, 1.807) is 0 Å². The van der Waals surface area contributed by atoms with Crippen molar-refractivity contribution < 1.29 is 38.2 Å². The molecule has 1 N–H and O–H groups in total. The zero-order valence-electron chi connectivity index (χ0n) is 40.4. The number of carbonyl (C=O) groups excluding carboxylic acids is 2. The number of hydrogen-bond donors (Lipinski definition) is 1. The standard InChI is InChI=1S/C52H99NO7/c1-6-8-10-12-14-16-18-20-22-23-24-25-26-27-29-31-33-35-37-39-41-43-51(55)60-48(46-58-45-44-49(52(56)57)53(3,4)5)47-59-50(54)42-40-38-36-34-32-30-28-21-19-17-15-13-11-9-7-2/h25-26,48-49H,6-24,27-47H2,1-5H3/p+1/b26-25+. The largest absolute Gasteiger partial charge is 0.477 e. The van der Waals surface area contributed by atoms with Crippen molar-refractivity contribution in [3.8, 4) is 0 Å². The van der Waals surface area contributed by atoms with Crippen LogP contribution >= 0.6 is 0 Å². The normalized spacial score (nSPS) is 12.9. The summed E-state index contributed by atoms with van der Waals surface area (Å²) in [4.78, 5) is 37.1. The quantitative estimate of drug-likeness (QED) is 0.0282. The Balaban J connectivity index is 4.21. The maximum Gasteiger partial charge on any atom is 0.362 e. The van der Waals surface area contributed by atoms with Gasteiger partial charge in [0.25, 0.3) is 0 Å². The molecular formula is C52H100NO7+. The Morgan fingerprint density at radius 2 is 0.833 bits per heavy atom. The van der Waals surface area contributed by atoms with Crippen LogP contribution in [0.2, 0.25) is 0 Å². The number of nitrogens with zero attached hydrogens (tertiary/aromatic N) is 1. The molecule has 0 aromatic rings. The molecule has 0 aliphatic carbocycles. The van der Waals surface area contributed by atoms with E-state index in [2.05, 4.69) is 26.0 Å². The predicted molar refractivity (Wildman–Crippen MR) is 252 cm³/mol. The van der Waals surface area contributed by atoms with Gasteiger partial charge >= 0.3 is 17.9 Å². The van der Waals surface area contributed by atoms with Crippen molar-refractivity contribution in [1.29, 1.82) is 0 Å². The number of rotatable bonds is 47. The number of ether oxygens (including phenoxy) is 3. The first-order valence-corrected chi connectivity index (χ1v) is 25.7. The molecule has 0 heterocycles. The molecule has 0 aliphatic rings. The molecule has 0 saturated carbocycles. The lowest BCUT2D eigenvalue weighted by molar-refractivity contribution is -0.887. The molecule has 0 fully saturated rings. The van der Waals surface area contributed by atoms with Crippen molar-refractivity contribution in [1.82, 2.24) is 0 Å². The number of unbranched alkanes of at least 4 members (excludes halogenated alkanes) is 31. The Hall–Kier alpha value is -1.93. The minimum absolute atomic E-state index is 0.0461. The number of esters is 2. The third-order valence-electron chi connectivity index (χ3n) is 11.9. The van der Waals surface area contributed by atoms with Gasteiger partial charge in [0.05, 0.1) is 34.4 Å². The first kappa shape index (κ1) is 58.1. The van der Waals surface area contributed by atoms with E-state index >= 15 is 0 Å². The average Bonchev–Trinajstić information content (AvgIpc) is 3.21. The molecule has 0 rings (SSSR count). The highest BCUT2D eigenvalue weighted by atomic mass is 16.6. The highest BCUT2D eigenvalue weighted by Crippen LogP contribution is 2.16. The van der Waals surface area contributed by atoms with Gasteiger partial charge in [-0.3, -0.25) is 9.59 Å². The van der Waals surface area contributed by atoms with E-state index in [4.69, 9.17) is 14.2 Å². The summed E-state index contributed by atoms with van der Waals surface area (Å²) in [6.45, 7) is 4.78. The van der Waals surface area contributed by atoms with Crippen LogP contribution in [0.4, 0.5) is 0 Å². The second kappa shape index (κ2) is 43.7. The summed E-state index contributed by atoms with van der Waals surface area (Å²) in [7, 11) is 5.54. The number of carboxylic acid groups (broad SMARTS) is 1. The van der Waals surface area contributed by atoms with E-state index in [0.717, 1.165) is 38.5 Å². The van der Waals surface area contributed by atoms with Crippen LogP contribution in [0.15, 0.2) is 12.2 Å². The van der Waals surface area contributed by atoms with Crippen LogP contribution in [-0.4, -0.2) is 80.6 Å². The summed E-state index contributed by atoms with van der Waals surface area (Å²) < 4.78 is 17.4. The Morgan fingerprint density at radius 1 is 0.483 bits per heavy atom. The molecule has 2 unspecified atom stereocenters. The molecule has 0 radical (unpaired) electrons. The Labute approximate surface area is 371 Å². The van der Waals surface area contributed by atoms with Gasteiger partial charge in [-0.15, -0.1) is 0 Å². The molecule has 354 valence electrons. The number of allylic oxidation sites excluding steroid dienone is 2. The molecule has 2 atom stereocenters.